The topological polar surface area (TPSA) is 103 Å². The van der Waals surface area contributed by atoms with Crippen molar-refractivity contribution in [2.24, 2.45) is 0 Å². The largest absolute Gasteiger partial charge is 0.497 e. The number of hydrogen-bond donors (Lipinski definition) is 2. The van der Waals surface area contributed by atoms with Gasteiger partial charge in [-0.3, -0.25) is 9.88 Å². The normalized spacial score (nSPS) is 13.4. The lowest BCUT2D eigenvalue weighted by Crippen LogP contribution is -2.37. The van der Waals surface area contributed by atoms with Crippen LogP contribution in [-0.2, 0) is 4.74 Å². The number of fused-ring (bicyclic) bond motifs is 1. The maximum Gasteiger partial charge on any atom is 0.323 e. The zero-order chi connectivity index (χ0) is 29.3. The molecule has 10 nitrogen and oxygen atoms in total. The highest BCUT2D eigenvalue weighted by Gasteiger charge is 2.15. The van der Waals surface area contributed by atoms with Crippen LogP contribution in [0.5, 0.6) is 28.7 Å². The number of pyridine rings is 1. The van der Waals surface area contributed by atoms with Crippen LogP contribution in [0.2, 0.25) is 0 Å². The van der Waals surface area contributed by atoms with Crippen molar-refractivity contribution in [3.8, 4) is 28.7 Å². The summed E-state index contributed by atoms with van der Waals surface area (Å²) in [5, 5.41) is 5.94. The molecule has 1 fully saturated rings. The van der Waals surface area contributed by atoms with Gasteiger partial charge in [0.15, 0.2) is 23.1 Å². The molecule has 2 N–H and O–H groups in total. The maximum absolute atomic E-state index is 15.0. The summed E-state index contributed by atoms with van der Waals surface area (Å²) < 4.78 is 43.1. The fraction of sp³-hybridized carbons (Fsp3) is 0.290. The average molecular weight is 577 g/mol. The fourth-order valence-electron chi connectivity index (χ4n) is 4.53. The summed E-state index contributed by atoms with van der Waals surface area (Å²) in [4.78, 5) is 19.2. The van der Waals surface area contributed by atoms with Crippen LogP contribution in [0.4, 0.5) is 20.6 Å². The highest BCUT2D eigenvalue weighted by molar-refractivity contribution is 5.99. The van der Waals surface area contributed by atoms with Crippen molar-refractivity contribution in [1.29, 1.82) is 0 Å². The minimum atomic E-state index is -0.644. The molecule has 2 amide bonds. The van der Waals surface area contributed by atoms with Gasteiger partial charge < -0.3 is 34.3 Å². The molecule has 0 saturated carbocycles. The molecule has 0 atom stereocenters. The molecule has 1 aliphatic heterocycles. The third kappa shape index (κ3) is 7.36. The summed E-state index contributed by atoms with van der Waals surface area (Å²) in [7, 11) is 3.13. The van der Waals surface area contributed by atoms with Crippen LogP contribution >= 0.6 is 0 Å². The lowest BCUT2D eigenvalue weighted by atomic mass is 10.1. The third-order valence-corrected chi connectivity index (χ3v) is 6.72. The molecule has 11 heteroatoms. The molecule has 0 radical (unpaired) electrons. The number of amides is 2. The number of morpholine rings is 1. The summed E-state index contributed by atoms with van der Waals surface area (Å²) in [5.74, 6) is 1.51. The second-order valence-electron chi connectivity index (χ2n) is 9.54. The van der Waals surface area contributed by atoms with E-state index in [4.69, 9.17) is 23.7 Å². The summed E-state index contributed by atoms with van der Waals surface area (Å²) in [6, 6.07) is 15.7. The van der Waals surface area contributed by atoms with E-state index in [-0.39, 0.29) is 11.4 Å². The van der Waals surface area contributed by atoms with Crippen molar-refractivity contribution in [1.82, 2.24) is 9.88 Å². The predicted molar refractivity (Wildman–Crippen MR) is 158 cm³/mol. The van der Waals surface area contributed by atoms with Gasteiger partial charge in [0.2, 0.25) is 0 Å². The molecule has 5 rings (SSSR count). The van der Waals surface area contributed by atoms with E-state index in [0.717, 1.165) is 39.3 Å². The Kier molecular flexibility index (Phi) is 9.52. The highest BCUT2D eigenvalue weighted by Crippen LogP contribution is 2.38. The van der Waals surface area contributed by atoms with Gasteiger partial charge in [0.25, 0.3) is 0 Å². The predicted octanol–water partition coefficient (Wildman–Crippen LogP) is 5.93. The second kappa shape index (κ2) is 13.8. The minimum Gasteiger partial charge on any atom is -0.497 e. The summed E-state index contributed by atoms with van der Waals surface area (Å²) in [6.45, 7) is 4.87. The summed E-state index contributed by atoms with van der Waals surface area (Å²) >= 11 is 0. The number of carbonyl (C=O) groups is 1. The van der Waals surface area contributed by atoms with Gasteiger partial charge in [-0.25, -0.2) is 9.18 Å². The van der Waals surface area contributed by atoms with Crippen molar-refractivity contribution in [3.63, 3.8) is 0 Å². The third-order valence-electron chi connectivity index (χ3n) is 6.72. The number of aromatic nitrogens is 1. The summed E-state index contributed by atoms with van der Waals surface area (Å²) in [5.41, 5.74) is 1.45. The van der Waals surface area contributed by atoms with Crippen molar-refractivity contribution >= 4 is 28.3 Å². The molecule has 1 aliphatic rings. The Hall–Kier alpha value is -4.61. The molecule has 0 bridgehead atoms. The number of urea groups is 1. The molecule has 4 aromatic rings. The second-order valence-corrected chi connectivity index (χ2v) is 9.54. The molecule has 1 saturated heterocycles. The number of hydrogen-bond acceptors (Lipinski definition) is 8. The van der Waals surface area contributed by atoms with Crippen LogP contribution in [0.3, 0.4) is 0 Å². The Morgan fingerprint density at radius 1 is 0.905 bits per heavy atom. The van der Waals surface area contributed by atoms with E-state index in [1.165, 1.54) is 12.1 Å². The van der Waals surface area contributed by atoms with Crippen molar-refractivity contribution in [2.45, 2.75) is 6.42 Å². The Morgan fingerprint density at radius 3 is 2.40 bits per heavy atom. The number of benzene rings is 3. The Bertz CT molecular complexity index is 1510. The van der Waals surface area contributed by atoms with Gasteiger partial charge in [-0.2, -0.15) is 0 Å². The molecule has 42 heavy (non-hydrogen) atoms. The first kappa shape index (κ1) is 28.9. The van der Waals surface area contributed by atoms with Crippen LogP contribution in [0.1, 0.15) is 6.42 Å². The van der Waals surface area contributed by atoms with E-state index in [0.29, 0.717) is 46.2 Å². The number of halogens is 1. The lowest BCUT2D eigenvalue weighted by molar-refractivity contribution is 0.0357. The Morgan fingerprint density at radius 2 is 1.67 bits per heavy atom. The van der Waals surface area contributed by atoms with Crippen LogP contribution in [-0.4, -0.2) is 69.6 Å². The van der Waals surface area contributed by atoms with E-state index in [1.807, 2.05) is 0 Å². The average Bonchev–Trinajstić information content (AvgIpc) is 3.01. The van der Waals surface area contributed by atoms with E-state index < -0.39 is 11.8 Å². The van der Waals surface area contributed by atoms with Gasteiger partial charge in [-0.1, -0.05) is 0 Å². The van der Waals surface area contributed by atoms with Gasteiger partial charge in [-0.05, 0) is 55.0 Å². The number of ether oxygens (including phenoxy) is 5. The van der Waals surface area contributed by atoms with Gasteiger partial charge in [0, 0.05) is 54.7 Å². The number of anilines is 2. The van der Waals surface area contributed by atoms with Crippen LogP contribution in [0.25, 0.3) is 10.9 Å². The molecule has 2 heterocycles. The smallest absolute Gasteiger partial charge is 0.323 e. The first-order valence-corrected chi connectivity index (χ1v) is 13.6. The van der Waals surface area contributed by atoms with E-state index in [2.05, 4.69) is 20.5 Å². The molecule has 3 aromatic carbocycles. The maximum atomic E-state index is 15.0. The molecule has 0 spiro atoms. The van der Waals surface area contributed by atoms with Gasteiger partial charge in [-0.15, -0.1) is 0 Å². The number of nitrogens with zero attached hydrogens (tertiary/aromatic N) is 2. The van der Waals surface area contributed by atoms with Gasteiger partial charge in [0.1, 0.15) is 11.5 Å². The zero-order valence-electron chi connectivity index (χ0n) is 23.5. The molecular weight excluding hydrogens is 543 g/mol. The van der Waals surface area contributed by atoms with Crippen LogP contribution < -0.4 is 29.6 Å². The molecule has 0 aliphatic carbocycles. The SMILES string of the molecule is COc1ccc(NC(=O)Nc2ccc(Oc3ccnc4cc(OCCCN5CCOCC5)c(OC)cc34)c(F)c2)cc1. The molecular formula is C31H33FN4O6. The fourth-order valence-corrected chi connectivity index (χ4v) is 4.53. The van der Waals surface area contributed by atoms with Crippen molar-refractivity contribution < 1.29 is 32.9 Å². The quantitative estimate of drug-likeness (QED) is 0.212. The summed E-state index contributed by atoms with van der Waals surface area (Å²) in [6.07, 6.45) is 2.45. The number of rotatable bonds is 11. The van der Waals surface area contributed by atoms with Gasteiger partial charge in [0.05, 0.1) is 39.6 Å². The standard InChI is InChI=1S/C31H33FN4O6/c1-38-23-7-4-21(5-8-23)34-31(37)35-22-6-9-28(25(32)18-22)42-27-10-11-33-26-20-30(29(39-2)19-24(26)27)41-15-3-12-36-13-16-40-17-14-36/h4-11,18-20H,3,12-17H2,1-2H3,(H2,34,35,37). The van der Waals surface area contributed by atoms with Crippen molar-refractivity contribution in [2.75, 3.05) is 64.3 Å². The Labute approximate surface area is 243 Å². The van der Waals surface area contributed by atoms with Crippen molar-refractivity contribution in [3.05, 3.63) is 72.7 Å². The first-order valence-electron chi connectivity index (χ1n) is 13.6. The minimum absolute atomic E-state index is 0.00832. The monoisotopic (exact) mass is 576 g/mol. The molecule has 0 unspecified atom stereocenters. The number of nitrogens with one attached hydrogen (secondary N) is 2. The Balaban J connectivity index is 1.23. The lowest BCUT2D eigenvalue weighted by Gasteiger charge is -2.26. The zero-order valence-corrected chi connectivity index (χ0v) is 23.5. The van der Waals surface area contributed by atoms with E-state index >= 15 is 4.39 Å². The highest BCUT2D eigenvalue weighted by atomic mass is 19.1. The first-order chi connectivity index (χ1) is 20.5. The van der Waals surface area contributed by atoms with Crippen LogP contribution in [0.15, 0.2) is 66.9 Å². The number of carbonyl (C=O) groups excluding carboxylic acids is 1. The van der Waals surface area contributed by atoms with E-state index in [9.17, 15) is 4.79 Å². The van der Waals surface area contributed by atoms with Crippen LogP contribution in [0, 0.1) is 5.82 Å². The van der Waals surface area contributed by atoms with E-state index in [1.54, 1.807) is 68.9 Å². The molecule has 220 valence electrons. The molecule has 1 aromatic heterocycles. The number of methoxy groups -OCH3 is 2. The van der Waals surface area contributed by atoms with Gasteiger partial charge >= 0.3 is 6.03 Å².